The van der Waals surface area contributed by atoms with Crippen molar-refractivity contribution in [3.63, 3.8) is 0 Å². The van der Waals surface area contributed by atoms with E-state index in [2.05, 4.69) is 17.1 Å². The lowest BCUT2D eigenvalue weighted by Crippen LogP contribution is -2.54. The molecule has 0 saturated carbocycles. The van der Waals surface area contributed by atoms with E-state index < -0.39 is 5.54 Å². The van der Waals surface area contributed by atoms with Crippen LogP contribution in [0.3, 0.4) is 0 Å². The molecule has 0 spiro atoms. The number of nitrogens with one attached hydrogen (secondary N) is 1. The maximum atomic E-state index is 12.2. The van der Waals surface area contributed by atoms with E-state index >= 15 is 0 Å². The van der Waals surface area contributed by atoms with Gasteiger partial charge in [-0.1, -0.05) is 19.8 Å². The second-order valence-corrected chi connectivity index (χ2v) is 6.09. The molecule has 2 atom stereocenters. The molecule has 1 fully saturated rings. The minimum absolute atomic E-state index is 0.122. The molecule has 0 amide bonds. The summed E-state index contributed by atoms with van der Waals surface area (Å²) in [6, 6.07) is 0.404. The summed E-state index contributed by atoms with van der Waals surface area (Å²) in [6.07, 6.45) is 6.04. The Morgan fingerprint density at radius 1 is 1.25 bits per heavy atom. The maximum absolute atomic E-state index is 12.2. The van der Waals surface area contributed by atoms with Crippen LogP contribution in [0.1, 0.15) is 59.8 Å². The molecule has 0 bridgehead atoms. The molecule has 118 valence electrons. The molecule has 0 aliphatic carbocycles. The van der Waals surface area contributed by atoms with Gasteiger partial charge in [0.15, 0.2) is 0 Å². The molecule has 0 aromatic rings. The molecule has 0 aromatic carbocycles. The second-order valence-electron chi connectivity index (χ2n) is 6.09. The van der Waals surface area contributed by atoms with Crippen LogP contribution < -0.4 is 5.32 Å². The molecule has 1 aliphatic heterocycles. The zero-order valence-electron chi connectivity index (χ0n) is 13.7. The first-order valence-electron chi connectivity index (χ1n) is 8.19. The fraction of sp³-hybridized carbons (Fsp3) is 0.938. The van der Waals surface area contributed by atoms with Crippen LogP contribution in [0.15, 0.2) is 0 Å². The molecule has 4 nitrogen and oxygen atoms in total. The Morgan fingerprint density at radius 2 is 1.85 bits per heavy atom. The minimum atomic E-state index is -0.573. The number of hydrogen-bond donors (Lipinski definition) is 1. The molecule has 4 heteroatoms. The fourth-order valence-corrected chi connectivity index (χ4v) is 3.16. The molecule has 20 heavy (non-hydrogen) atoms. The highest BCUT2D eigenvalue weighted by Gasteiger charge is 2.36. The van der Waals surface area contributed by atoms with Crippen LogP contribution in [0, 0.1) is 0 Å². The number of esters is 1. The van der Waals surface area contributed by atoms with Gasteiger partial charge >= 0.3 is 5.97 Å². The van der Waals surface area contributed by atoms with E-state index in [-0.39, 0.29) is 5.97 Å². The fourth-order valence-electron chi connectivity index (χ4n) is 3.16. The topological polar surface area (TPSA) is 41.6 Å². The second kappa shape index (κ2) is 8.63. The van der Waals surface area contributed by atoms with Crippen molar-refractivity contribution in [3.8, 4) is 0 Å². The third kappa shape index (κ3) is 5.06. The predicted molar refractivity (Wildman–Crippen MR) is 82.8 cm³/mol. The molecule has 2 unspecified atom stereocenters. The van der Waals surface area contributed by atoms with Crippen LogP contribution in [0.2, 0.25) is 0 Å². The van der Waals surface area contributed by atoms with Gasteiger partial charge in [0.1, 0.15) is 5.54 Å². The quantitative estimate of drug-likeness (QED) is 0.730. The Hall–Kier alpha value is -0.610. The van der Waals surface area contributed by atoms with E-state index in [1.54, 1.807) is 0 Å². The van der Waals surface area contributed by atoms with Gasteiger partial charge in [0.25, 0.3) is 0 Å². The number of rotatable bonds is 7. The molecule has 1 aliphatic rings. The van der Waals surface area contributed by atoms with Crippen LogP contribution >= 0.6 is 0 Å². The third-order valence-electron chi connectivity index (χ3n) is 4.26. The van der Waals surface area contributed by atoms with Gasteiger partial charge in [0.2, 0.25) is 0 Å². The summed E-state index contributed by atoms with van der Waals surface area (Å²) in [6.45, 7) is 11.7. The van der Waals surface area contributed by atoms with E-state index in [0.29, 0.717) is 12.6 Å². The van der Waals surface area contributed by atoms with Gasteiger partial charge in [0, 0.05) is 6.04 Å². The highest BCUT2D eigenvalue weighted by molar-refractivity contribution is 5.80. The van der Waals surface area contributed by atoms with Crippen LogP contribution in [0.4, 0.5) is 0 Å². The first kappa shape index (κ1) is 17.4. The molecule has 1 heterocycles. The Morgan fingerprint density at radius 3 is 2.35 bits per heavy atom. The van der Waals surface area contributed by atoms with Gasteiger partial charge in [-0.3, -0.25) is 4.79 Å². The molecule has 1 saturated heterocycles. The lowest BCUT2D eigenvalue weighted by atomic mass is 9.92. The highest BCUT2D eigenvalue weighted by atomic mass is 16.5. The van der Waals surface area contributed by atoms with Crippen LogP contribution in [-0.4, -0.2) is 48.7 Å². The van der Waals surface area contributed by atoms with Crippen molar-refractivity contribution < 1.29 is 9.53 Å². The minimum Gasteiger partial charge on any atom is -0.465 e. The van der Waals surface area contributed by atoms with Gasteiger partial charge in [-0.2, -0.15) is 0 Å². The van der Waals surface area contributed by atoms with Gasteiger partial charge < -0.3 is 15.0 Å². The van der Waals surface area contributed by atoms with Crippen LogP contribution in [0.5, 0.6) is 0 Å². The molecule has 1 N–H and O–H groups in total. The first-order chi connectivity index (χ1) is 9.53. The molecular formula is C16H32N2O2. The van der Waals surface area contributed by atoms with E-state index in [9.17, 15) is 4.79 Å². The van der Waals surface area contributed by atoms with Crippen molar-refractivity contribution in [1.82, 2.24) is 10.2 Å². The van der Waals surface area contributed by atoms with Crippen LogP contribution in [0.25, 0.3) is 0 Å². The van der Waals surface area contributed by atoms with Gasteiger partial charge in [0.05, 0.1) is 6.61 Å². The van der Waals surface area contributed by atoms with E-state index in [1.807, 2.05) is 20.8 Å². The van der Waals surface area contributed by atoms with Crippen molar-refractivity contribution in [2.45, 2.75) is 71.4 Å². The van der Waals surface area contributed by atoms with Crippen molar-refractivity contribution >= 4 is 5.97 Å². The van der Waals surface area contributed by atoms with Crippen molar-refractivity contribution in [3.05, 3.63) is 0 Å². The normalized spacial score (nSPS) is 21.8. The average Bonchev–Trinajstić information content (AvgIpc) is 2.68. The van der Waals surface area contributed by atoms with E-state index in [1.165, 1.54) is 25.7 Å². The zero-order valence-corrected chi connectivity index (χ0v) is 13.7. The van der Waals surface area contributed by atoms with Gasteiger partial charge in [-0.15, -0.1) is 0 Å². The largest absolute Gasteiger partial charge is 0.465 e. The Kier molecular flexibility index (Phi) is 7.52. The summed E-state index contributed by atoms with van der Waals surface area (Å²) in [5, 5.41) is 3.33. The molecule has 1 rings (SSSR count). The summed E-state index contributed by atoms with van der Waals surface area (Å²) >= 11 is 0. The highest BCUT2D eigenvalue weighted by Crippen LogP contribution is 2.21. The molecule has 0 radical (unpaired) electrons. The Bertz CT molecular complexity index is 288. The number of carbonyl (C=O) groups excluding carboxylic acids is 1. The lowest BCUT2D eigenvalue weighted by Gasteiger charge is -2.35. The monoisotopic (exact) mass is 284 g/mol. The van der Waals surface area contributed by atoms with Crippen molar-refractivity contribution in [2.75, 3.05) is 26.2 Å². The molecule has 0 aromatic heterocycles. The van der Waals surface area contributed by atoms with E-state index in [4.69, 9.17) is 4.74 Å². The summed E-state index contributed by atoms with van der Waals surface area (Å²) in [5.74, 6) is -0.122. The number of likely N-dealkylation sites (tertiary alicyclic amines) is 1. The summed E-state index contributed by atoms with van der Waals surface area (Å²) in [7, 11) is 0. The summed E-state index contributed by atoms with van der Waals surface area (Å²) in [4.78, 5) is 14.8. The number of carbonyl (C=O) groups is 1. The first-order valence-corrected chi connectivity index (χ1v) is 8.19. The Labute approximate surface area is 124 Å². The Balaban J connectivity index is 2.65. The van der Waals surface area contributed by atoms with Gasteiger partial charge in [-0.05, 0) is 59.7 Å². The summed E-state index contributed by atoms with van der Waals surface area (Å²) < 4.78 is 5.25. The van der Waals surface area contributed by atoms with Crippen molar-refractivity contribution in [1.29, 1.82) is 0 Å². The number of nitrogens with zero attached hydrogens (tertiary/aromatic N) is 1. The van der Waals surface area contributed by atoms with Crippen molar-refractivity contribution in [2.24, 2.45) is 0 Å². The summed E-state index contributed by atoms with van der Waals surface area (Å²) in [5.41, 5.74) is -0.573. The maximum Gasteiger partial charge on any atom is 0.326 e. The SMILES string of the molecule is CCNC(C)(CC(C)N1CCCCCC1)C(=O)OCC. The smallest absolute Gasteiger partial charge is 0.326 e. The molecular weight excluding hydrogens is 252 g/mol. The van der Waals surface area contributed by atoms with Crippen LogP contribution in [-0.2, 0) is 9.53 Å². The number of ether oxygens (including phenoxy) is 1. The average molecular weight is 284 g/mol. The number of hydrogen-bond acceptors (Lipinski definition) is 4. The standard InChI is InChI=1S/C16H32N2O2/c1-5-17-16(4,15(19)20-6-2)13-14(3)18-11-9-7-8-10-12-18/h14,17H,5-13H2,1-4H3. The third-order valence-corrected chi connectivity index (χ3v) is 4.26. The predicted octanol–water partition coefficient (Wildman–Crippen LogP) is 2.57. The van der Waals surface area contributed by atoms with Gasteiger partial charge in [-0.25, -0.2) is 0 Å². The number of likely N-dealkylation sites (N-methyl/N-ethyl adjacent to an activating group) is 1. The lowest BCUT2D eigenvalue weighted by molar-refractivity contribution is -0.151. The zero-order chi connectivity index (χ0) is 15.0. The van der Waals surface area contributed by atoms with E-state index in [0.717, 1.165) is 26.1 Å².